The molecule has 0 aliphatic heterocycles. The van der Waals surface area contributed by atoms with E-state index in [2.05, 4.69) is 10.4 Å². The average Bonchev–Trinajstić information content (AvgIpc) is 3.02. The van der Waals surface area contributed by atoms with Crippen LogP contribution in [0.15, 0.2) is 48.5 Å². The van der Waals surface area contributed by atoms with Gasteiger partial charge in [-0.1, -0.05) is 18.2 Å². The highest BCUT2D eigenvalue weighted by Gasteiger charge is 2.17. The maximum atomic E-state index is 12.5. The quantitative estimate of drug-likeness (QED) is 0.440. The van der Waals surface area contributed by atoms with Gasteiger partial charge in [0.05, 0.1) is 41.7 Å². The van der Waals surface area contributed by atoms with E-state index in [1.807, 2.05) is 60.8 Å². The van der Waals surface area contributed by atoms with Gasteiger partial charge in [0.25, 0.3) is 5.69 Å². The van der Waals surface area contributed by atoms with Crippen molar-refractivity contribution in [3.8, 4) is 11.4 Å². The molecule has 0 radical (unpaired) electrons. The van der Waals surface area contributed by atoms with Gasteiger partial charge in [0, 0.05) is 23.9 Å². The number of carbonyl (C=O) groups excluding carboxylic acids is 1. The fourth-order valence-corrected chi connectivity index (χ4v) is 3.38. The number of nitrogens with zero attached hydrogens (tertiary/aromatic N) is 4. The van der Waals surface area contributed by atoms with Crippen molar-refractivity contribution in [3.05, 3.63) is 75.6 Å². The van der Waals surface area contributed by atoms with Crippen molar-refractivity contribution < 1.29 is 14.5 Å². The van der Waals surface area contributed by atoms with Crippen LogP contribution in [0, 0.1) is 24.0 Å². The zero-order chi connectivity index (χ0) is 22.5. The van der Waals surface area contributed by atoms with Crippen molar-refractivity contribution in [2.24, 2.45) is 0 Å². The fourth-order valence-electron chi connectivity index (χ4n) is 3.38. The molecule has 1 heterocycles. The predicted molar refractivity (Wildman–Crippen MR) is 118 cm³/mol. The summed E-state index contributed by atoms with van der Waals surface area (Å²) in [5, 5.41) is 18.3. The second kappa shape index (κ2) is 9.40. The summed E-state index contributed by atoms with van der Waals surface area (Å²) in [6.07, 6.45) is 0. The number of nitro benzene ring substituents is 1. The van der Waals surface area contributed by atoms with Crippen LogP contribution in [0.2, 0.25) is 0 Å². The van der Waals surface area contributed by atoms with Crippen LogP contribution < -0.4 is 10.1 Å². The number of methoxy groups -OCH3 is 1. The first-order chi connectivity index (χ1) is 14.8. The van der Waals surface area contributed by atoms with Crippen molar-refractivity contribution in [1.29, 1.82) is 0 Å². The van der Waals surface area contributed by atoms with Gasteiger partial charge in [0.15, 0.2) is 0 Å². The maximum Gasteiger partial charge on any atom is 0.273 e. The zero-order valence-electron chi connectivity index (χ0n) is 18.0. The molecular weight excluding hydrogens is 398 g/mol. The van der Waals surface area contributed by atoms with E-state index in [1.54, 1.807) is 0 Å². The number of aromatic nitrogens is 2. The molecule has 9 heteroatoms. The highest BCUT2D eigenvalue weighted by Crippen LogP contribution is 2.29. The van der Waals surface area contributed by atoms with Crippen LogP contribution in [0.1, 0.15) is 17.0 Å². The van der Waals surface area contributed by atoms with E-state index in [0.29, 0.717) is 12.2 Å². The molecule has 162 valence electrons. The van der Waals surface area contributed by atoms with Crippen molar-refractivity contribution >= 4 is 17.3 Å². The lowest BCUT2D eigenvalue weighted by Gasteiger charge is -2.17. The number of amides is 1. The number of nitro groups is 1. The van der Waals surface area contributed by atoms with Gasteiger partial charge in [-0.25, -0.2) is 4.68 Å². The molecule has 0 atom stereocenters. The summed E-state index contributed by atoms with van der Waals surface area (Å²) in [5.41, 5.74) is 4.26. The molecule has 0 unspecified atom stereocenters. The summed E-state index contributed by atoms with van der Waals surface area (Å²) in [5.74, 6) is -0.0126. The molecule has 1 amide bonds. The zero-order valence-corrected chi connectivity index (χ0v) is 18.0. The van der Waals surface area contributed by atoms with E-state index >= 15 is 0 Å². The minimum atomic E-state index is -0.512. The van der Waals surface area contributed by atoms with Crippen molar-refractivity contribution in [3.63, 3.8) is 0 Å². The van der Waals surface area contributed by atoms with E-state index in [0.717, 1.165) is 22.6 Å². The summed E-state index contributed by atoms with van der Waals surface area (Å²) >= 11 is 0. The van der Waals surface area contributed by atoms with Crippen LogP contribution in [0.5, 0.6) is 5.75 Å². The van der Waals surface area contributed by atoms with Gasteiger partial charge in [-0.15, -0.1) is 0 Å². The Kier molecular flexibility index (Phi) is 6.66. The Balaban J connectivity index is 1.68. The van der Waals surface area contributed by atoms with Crippen LogP contribution in [0.25, 0.3) is 5.69 Å². The van der Waals surface area contributed by atoms with Crippen molar-refractivity contribution in [2.45, 2.75) is 20.4 Å². The molecule has 0 saturated carbocycles. The lowest BCUT2D eigenvalue weighted by molar-refractivity contribution is -0.384. The largest absolute Gasteiger partial charge is 0.494 e. The molecule has 0 fully saturated rings. The molecule has 3 aromatic rings. The number of likely N-dealkylation sites (N-methyl/N-ethyl adjacent to an activating group) is 1. The predicted octanol–water partition coefficient (Wildman–Crippen LogP) is 3.48. The van der Waals surface area contributed by atoms with Gasteiger partial charge >= 0.3 is 0 Å². The Bertz CT molecular complexity index is 1090. The number of benzene rings is 2. The third kappa shape index (κ3) is 5.07. The van der Waals surface area contributed by atoms with Crippen LogP contribution in [-0.2, 0) is 11.3 Å². The Morgan fingerprint density at radius 3 is 2.58 bits per heavy atom. The SMILES string of the molecule is COc1cc([N+](=O)[O-])ccc1NC(=O)CN(C)Cc1c(C)nn(-c2ccccc2)c1C. The number of aryl methyl sites for hydroxylation is 1. The number of carbonyl (C=O) groups is 1. The summed E-state index contributed by atoms with van der Waals surface area (Å²) in [6.45, 7) is 4.65. The standard InChI is InChI=1S/C22H25N5O4/c1-15-19(16(2)26(24-15)17-8-6-5-7-9-17)13-25(3)14-22(28)23-20-11-10-18(27(29)30)12-21(20)31-4/h5-12H,13-14H2,1-4H3,(H,23,28). The van der Waals surface area contributed by atoms with Gasteiger partial charge < -0.3 is 10.1 Å². The van der Waals surface area contributed by atoms with Gasteiger partial charge in [0.2, 0.25) is 5.91 Å². The number of hydrogen-bond acceptors (Lipinski definition) is 6. The van der Waals surface area contributed by atoms with Crippen LogP contribution in [0.3, 0.4) is 0 Å². The topological polar surface area (TPSA) is 103 Å². The third-order valence-electron chi connectivity index (χ3n) is 4.95. The molecule has 2 aromatic carbocycles. The van der Waals surface area contributed by atoms with Crippen molar-refractivity contribution in [2.75, 3.05) is 26.0 Å². The van der Waals surface area contributed by atoms with E-state index in [4.69, 9.17) is 4.74 Å². The number of nitrogens with one attached hydrogen (secondary N) is 1. The molecule has 9 nitrogen and oxygen atoms in total. The highest BCUT2D eigenvalue weighted by atomic mass is 16.6. The molecule has 3 rings (SSSR count). The normalized spacial score (nSPS) is 10.9. The summed E-state index contributed by atoms with van der Waals surface area (Å²) < 4.78 is 7.07. The molecule has 1 N–H and O–H groups in total. The smallest absolute Gasteiger partial charge is 0.273 e. The van der Waals surface area contributed by atoms with E-state index in [-0.39, 0.29) is 23.9 Å². The van der Waals surface area contributed by atoms with Crippen LogP contribution in [0.4, 0.5) is 11.4 Å². The first kappa shape index (κ1) is 22.0. The van der Waals surface area contributed by atoms with Crippen LogP contribution in [-0.4, -0.2) is 46.2 Å². The highest BCUT2D eigenvalue weighted by molar-refractivity contribution is 5.93. The molecule has 1 aromatic heterocycles. The molecule has 0 aliphatic rings. The average molecular weight is 423 g/mol. The molecule has 31 heavy (non-hydrogen) atoms. The summed E-state index contributed by atoms with van der Waals surface area (Å²) in [4.78, 5) is 24.8. The number of non-ortho nitro benzene ring substituents is 1. The summed E-state index contributed by atoms with van der Waals surface area (Å²) in [7, 11) is 3.25. The Hall–Kier alpha value is -3.72. The second-order valence-corrected chi connectivity index (χ2v) is 7.26. The number of hydrogen-bond donors (Lipinski definition) is 1. The Morgan fingerprint density at radius 1 is 1.23 bits per heavy atom. The third-order valence-corrected chi connectivity index (χ3v) is 4.95. The first-order valence-corrected chi connectivity index (χ1v) is 9.71. The monoisotopic (exact) mass is 423 g/mol. The number of ether oxygens (including phenoxy) is 1. The molecular formula is C22H25N5O4. The Labute approximate surface area is 180 Å². The van der Waals surface area contributed by atoms with E-state index < -0.39 is 4.92 Å². The molecule has 0 aliphatic carbocycles. The molecule has 0 spiro atoms. The van der Waals surface area contributed by atoms with Gasteiger partial charge in [-0.3, -0.25) is 19.8 Å². The van der Waals surface area contributed by atoms with Gasteiger partial charge in [-0.05, 0) is 39.1 Å². The first-order valence-electron chi connectivity index (χ1n) is 9.71. The van der Waals surface area contributed by atoms with Gasteiger partial charge in [0.1, 0.15) is 5.75 Å². The van der Waals surface area contributed by atoms with Crippen LogP contribution >= 0.6 is 0 Å². The minimum absolute atomic E-state index is 0.103. The number of rotatable bonds is 8. The van der Waals surface area contributed by atoms with Crippen molar-refractivity contribution in [1.82, 2.24) is 14.7 Å². The molecule has 0 bridgehead atoms. The lowest BCUT2D eigenvalue weighted by atomic mass is 10.2. The van der Waals surface area contributed by atoms with Gasteiger partial charge in [-0.2, -0.15) is 5.10 Å². The minimum Gasteiger partial charge on any atom is -0.494 e. The second-order valence-electron chi connectivity index (χ2n) is 7.26. The van der Waals surface area contributed by atoms with E-state index in [9.17, 15) is 14.9 Å². The lowest BCUT2D eigenvalue weighted by Crippen LogP contribution is -2.30. The molecule has 0 saturated heterocycles. The maximum absolute atomic E-state index is 12.5. The summed E-state index contributed by atoms with van der Waals surface area (Å²) in [6, 6.07) is 14.0. The fraction of sp³-hybridized carbons (Fsp3) is 0.273. The van der Waals surface area contributed by atoms with E-state index in [1.165, 1.54) is 25.3 Å². The number of anilines is 1. The number of para-hydroxylation sites is 1. The Morgan fingerprint density at radius 2 is 1.94 bits per heavy atom.